The van der Waals surface area contributed by atoms with E-state index in [1.165, 1.54) is 13.8 Å². The molecule has 0 spiro atoms. The molecular weight excluding hydrogens is 420 g/mol. The van der Waals surface area contributed by atoms with E-state index >= 15 is 0 Å². The molecule has 2 aromatic rings. The van der Waals surface area contributed by atoms with Crippen LogP contribution in [0.4, 0.5) is 4.79 Å². The number of hydrogen-bond acceptors (Lipinski definition) is 4. The number of hydrogen-bond donors (Lipinski definition) is 3. The zero-order valence-electron chi connectivity index (χ0n) is 19.8. The van der Waals surface area contributed by atoms with Crippen LogP contribution in [0, 0.1) is 10.8 Å². The second kappa shape index (κ2) is 9.25. The third kappa shape index (κ3) is 5.35. The summed E-state index contributed by atoms with van der Waals surface area (Å²) in [6.45, 7) is 8.61. The summed E-state index contributed by atoms with van der Waals surface area (Å²) >= 11 is 0. The third-order valence-corrected chi connectivity index (χ3v) is 6.02. The fraction of sp³-hybridized carbons (Fsp3) is 0.423. The fourth-order valence-corrected chi connectivity index (χ4v) is 3.92. The molecule has 33 heavy (non-hydrogen) atoms. The van der Waals surface area contributed by atoms with Gasteiger partial charge in [-0.15, -0.1) is 0 Å². The topological polar surface area (TPSA) is 105 Å². The second-order valence-electron chi connectivity index (χ2n) is 10.2. The van der Waals surface area contributed by atoms with Crippen LogP contribution >= 0.6 is 0 Å². The van der Waals surface area contributed by atoms with Crippen LogP contribution in [0.2, 0.25) is 0 Å². The van der Waals surface area contributed by atoms with E-state index in [0.29, 0.717) is 0 Å². The Hall–Kier alpha value is -3.35. The predicted molar refractivity (Wildman–Crippen MR) is 126 cm³/mol. The highest BCUT2D eigenvalue weighted by Crippen LogP contribution is 2.44. The monoisotopic (exact) mass is 452 g/mol. The first-order valence-electron chi connectivity index (χ1n) is 11.0. The Morgan fingerprint density at radius 3 is 1.94 bits per heavy atom. The second-order valence-corrected chi connectivity index (χ2v) is 10.2. The standard InChI is InChI=1S/C26H32N2O5/c1-25(2,3)21(22(29)27-15-26(4,5)23(30)31)28-24(32)33-14-20-18-12-8-6-10-16(18)17-11-7-9-13-19(17)20/h6-13,20-21H,14-15H2,1-5H3,(H,27,29)(H,28,32)(H,30,31)/t21-/m1/s1. The molecule has 1 aliphatic carbocycles. The van der Waals surface area contributed by atoms with Crippen LogP contribution in [0.15, 0.2) is 48.5 Å². The van der Waals surface area contributed by atoms with E-state index in [2.05, 4.69) is 22.8 Å². The highest BCUT2D eigenvalue weighted by Gasteiger charge is 2.36. The average Bonchev–Trinajstić information content (AvgIpc) is 3.07. The lowest BCUT2D eigenvalue weighted by Gasteiger charge is -2.31. The number of carbonyl (C=O) groups is 3. The molecule has 0 fully saturated rings. The zero-order chi connectivity index (χ0) is 24.4. The Balaban J connectivity index is 1.67. The van der Waals surface area contributed by atoms with Gasteiger partial charge in [0.2, 0.25) is 5.91 Å². The van der Waals surface area contributed by atoms with Gasteiger partial charge in [-0.25, -0.2) is 4.79 Å². The molecule has 3 rings (SSSR count). The minimum atomic E-state index is -1.12. The molecule has 1 aliphatic rings. The molecule has 176 valence electrons. The maximum Gasteiger partial charge on any atom is 0.407 e. The number of carbonyl (C=O) groups excluding carboxylic acids is 2. The molecule has 0 aliphatic heterocycles. The van der Waals surface area contributed by atoms with Gasteiger partial charge in [0.25, 0.3) is 0 Å². The van der Waals surface area contributed by atoms with Gasteiger partial charge in [0, 0.05) is 12.5 Å². The Labute approximate surface area is 194 Å². The molecule has 2 amide bonds. The van der Waals surface area contributed by atoms with Gasteiger partial charge in [-0.2, -0.15) is 0 Å². The average molecular weight is 453 g/mol. The summed E-state index contributed by atoms with van der Waals surface area (Å²) in [5.41, 5.74) is 2.75. The number of carboxylic acids is 1. The van der Waals surface area contributed by atoms with E-state index in [9.17, 15) is 19.5 Å². The van der Waals surface area contributed by atoms with Gasteiger partial charge in [0.15, 0.2) is 0 Å². The minimum Gasteiger partial charge on any atom is -0.481 e. The van der Waals surface area contributed by atoms with Crippen molar-refractivity contribution in [3.8, 4) is 11.1 Å². The quantitative estimate of drug-likeness (QED) is 0.585. The lowest BCUT2D eigenvalue weighted by Crippen LogP contribution is -2.55. The number of fused-ring (bicyclic) bond motifs is 3. The molecule has 7 nitrogen and oxygen atoms in total. The molecule has 0 saturated carbocycles. The van der Waals surface area contributed by atoms with Crippen molar-refractivity contribution in [3.63, 3.8) is 0 Å². The summed E-state index contributed by atoms with van der Waals surface area (Å²) in [6.07, 6.45) is -0.690. The smallest absolute Gasteiger partial charge is 0.407 e. The van der Waals surface area contributed by atoms with E-state index in [1.807, 2.05) is 57.2 Å². The van der Waals surface area contributed by atoms with Gasteiger partial charge in [-0.3, -0.25) is 9.59 Å². The molecule has 1 atom stereocenters. The predicted octanol–water partition coefficient (Wildman–Crippen LogP) is 4.17. The first kappa shape index (κ1) is 24.3. The van der Waals surface area contributed by atoms with E-state index in [0.717, 1.165) is 22.3 Å². The maximum absolute atomic E-state index is 12.8. The van der Waals surface area contributed by atoms with Crippen LogP contribution in [-0.2, 0) is 14.3 Å². The Morgan fingerprint density at radius 2 is 1.45 bits per heavy atom. The SMILES string of the molecule is CC(C)(CNC(=O)[C@@H](NC(=O)OCC1c2ccccc2-c2ccccc21)C(C)(C)C)C(=O)O. The molecule has 0 aromatic heterocycles. The largest absolute Gasteiger partial charge is 0.481 e. The van der Waals surface area contributed by atoms with Crippen molar-refractivity contribution in [2.75, 3.05) is 13.2 Å². The number of nitrogens with one attached hydrogen (secondary N) is 2. The number of aliphatic carboxylic acids is 1. The van der Waals surface area contributed by atoms with Crippen LogP contribution in [0.1, 0.15) is 51.7 Å². The maximum atomic E-state index is 12.8. The highest BCUT2D eigenvalue weighted by atomic mass is 16.5. The van der Waals surface area contributed by atoms with Crippen molar-refractivity contribution < 1.29 is 24.2 Å². The van der Waals surface area contributed by atoms with Crippen LogP contribution in [0.5, 0.6) is 0 Å². The van der Waals surface area contributed by atoms with Gasteiger partial charge < -0.3 is 20.5 Å². The molecule has 0 bridgehead atoms. The molecule has 0 unspecified atom stereocenters. The fourth-order valence-electron chi connectivity index (χ4n) is 3.92. The van der Waals surface area contributed by atoms with Crippen LogP contribution < -0.4 is 10.6 Å². The van der Waals surface area contributed by atoms with Crippen LogP contribution in [-0.4, -0.2) is 42.3 Å². The summed E-state index contributed by atoms with van der Waals surface area (Å²) in [7, 11) is 0. The first-order chi connectivity index (χ1) is 15.4. The van der Waals surface area contributed by atoms with Gasteiger partial charge in [-0.1, -0.05) is 69.3 Å². The van der Waals surface area contributed by atoms with Crippen molar-refractivity contribution in [3.05, 3.63) is 59.7 Å². The lowest BCUT2D eigenvalue weighted by atomic mass is 9.85. The van der Waals surface area contributed by atoms with Crippen LogP contribution in [0.25, 0.3) is 11.1 Å². The molecule has 0 saturated heterocycles. The van der Waals surface area contributed by atoms with Crippen molar-refractivity contribution in [1.29, 1.82) is 0 Å². The molecular formula is C26H32N2O5. The van der Waals surface area contributed by atoms with Gasteiger partial charge in [0.05, 0.1) is 5.41 Å². The molecule has 3 N–H and O–H groups in total. The summed E-state index contributed by atoms with van der Waals surface area (Å²) in [6, 6.07) is 15.2. The summed E-state index contributed by atoms with van der Waals surface area (Å²) < 4.78 is 5.57. The van der Waals surface area contributed by atoms with E-state index in [1.54, 1.807) is 0 Å². The first-order valence-corrected chi connectivity index (χ1v) is 11.0. The Bertz CT molecular complexity index is 1010. The summed E-state index contributed by atoms with van der Waals surface area (Å²) in [5, 5.41) is 14.6. The summed E-state index contributed by atoms with van der Waals surface area (Å²) in [5.74, 6) is -1.55. The van der Waals surface area contributed by atoms with E-state index in [4.69, 9.17) is 4.74 Å². The van der Waals surface area contributed by atoms with Gasteiger partial charge in [0.1, 0.15) is 12.6 Å². The van der Waals surface area contributed by atoms with Crippen LogP contribution in [0.3, 0.4) is 0 Å². The zero-order valence-corrected chi connectivity index (χ0v) is 19.8. The number of amides is 2. The number of carboxylic acid groups (broad SMARTS) is 1. The minimum absolute atomic E-state index is 0.0554. The van der Waals surface area contributed by atoms with E-state index in [-0.39, 0.29) is 19.1 Å². The van der Waals surface area contributed by atoms with Crippen molar-refractivity contribution in [2.45, 2.75) is 46.6 Å². The van der Waals surface area contributed by atoms with E-state index < -0.39 is 34.8 Å². The molecule has 2 aromatic carbocycles. The number of benzene rings is 2. The van der Waals surface area contributed by atoms with Gasteiger partial charge in [-0.05, 0) is 41.5 Å². The molecule has 0 heterocycles. The summed E-state index contributed by atoms with van der Waals surface area (Å²) in [4.78, 5) is 36.8. The third-order valence-electron chi connectivity index (χ3n) is 6.02. The normalized spacial score (nSPS) is 14.1. The lowest BCUT2D eigenvalue weighted by molar-refractivity contribution is -0.146. The Morgan fingerprint density at radius 1 is 0.939 bits per heavy atom. The Kier molecular flexibility index (Phi) is 6.81. The number of alkyl carbamates (subject to hydrolysis) is 1. The molecule has 7 heteroatoms. The highest BCUT2D eigenvalue weighted by molar-refractivity contribution is 5.87. The van der Waals surface area contributed by atoms with Crippen molar-refractivity contribution >= 4 is 18.0 Å². The molecule has 0 radical (unpaired) electrons. The number of ether oxygens (including phenoxy) is 1. The van der Waals surface area contributed by atoms with Crippen molar-refractivity contribution in [1.82, 2.24) is 10.6 Å². The number of rotatable bonds is 7. The van der Waals surface area contributed by atoms with Gasteiger partial charge >= 0.3 is 12.1 Å². The van der Waals surface area contributed by atoms with Crippen molar-refractivity contribution in [2.24, 2.45) is 10.8 Å².